The third kappa shape index (κ3) is 4.40. The molecule has 2 N–H and O–H groups in total. The van der Waals surface area contributed by atoms with E-state index in [2.05, 4.69) is 52.2 Å². The second-order valence-electron chi connectivity index (χ2n) is 17.9. The molecule has 4 saturated carbocycles. The van der Waals surface area contributed by atoms with Crippen LogP contribution in [0.4, 0.5) is 0 Å². The molecule has 2 aromatic carbocycles. The van der Waals surface area contributed by atoms with E-state index in [-0.39, 0.29) is 34.5 Å². The lowest BCUT2D eigenvalue weighted by molar-refractivity contribution is 0.0583. The minimum atomic E-state index is -0.353. The number of benzene rings is 2. The van der Waals surface area contributed by atoms with Crippen LogP contribution in [0.2, 0.25) is 0 Å². The van der Waals surface area contributed by atoms with Gasteiger partial charge in [-0.05, 0) is 122 Å². The summed E-state index contributed by atoms with van der Waals surface area (Å²) in [5, 5.41) is 8.50. The Labute approximate surface area is 284 Å². The summed E-state index contributed by atoms with van der Waals surface area (Å²) < 4.78 is 0. The Morgan fingerprint density at radius 3 is 1.21 bits per heavy atom. The third-order valence-electron chi connectivity index (χ3n) is 14.4. The molecule has 6 atom stereocenters. The number of amides is 4. The van der Waals surface area contributed by atoms with Crippen LogP contribution in [0.25, 0.3) is 10.8 Å². The number of hydrogen-bond acceptors (Lipinski definition) is 6. The maximum absolute atomic E-state index is 13.8. The maximum Gasteiger partial charge on any atom is 0.261 e. The monoisotopic (exact) mass is 652 g/mol. The summed E-state index contributed by atoms with van der Waals surface area (Å²) in [5.41, 5.74) is 2.66. The Morgan fingerprint density at radius 2 is 0.917 bits per heavy atom. The zero-order valence-corrected chi connectivity index (χ0v) is 29.6. The SMILES string of the molecule is CC1(C)[C@H]2CC[C@@](C)(C2)[C@@H]1NCCCN1C(=O)c2ccc3c4c(ccc(c24)C1=O)C(=O)N(CCCN[C@@H]1C(C)(C)[C@@H]2CC[C@]1(C)C2)C3=O. The molecule has 4 aliphatic carbocycles. The van der Waals surface area contributed by atoms with Crippen LogP contribution in [0, 0.1) is 33.5 Å². The molecule has 0 spiro atoms. The highest BCUT2D eigenvalue weighted by atomic mass is 16.2. The molecule has 2 aromatic rings. The fourth-order valence-corrected chi connectivity index (χ4v) is 12.0. The molecule has 4 bridgehead atoms. The van der Waals surface area contributed by atoms with E-state index >= 15 is 0 Å². The number of fused-ring (bicyclic) bond motifs is 4. The first-order valence-corrected chi connectivity index (χ1v) is 18.5. The van der Waals surface area contributed by atoms with Crippen LogP contribution in [-0.2, 0) is 0 Å². The van der Waals surface area contributed by atoms with Crippen LogP contribution in [-0.4, -0.2) is 71.7 Å². The van der Waals surface area contributed by atoms with E-state index in [4.69, 9.17) is 0 Å². The normalized spacial score (nSPS) is 34.0. The van der Waals surface area contributed by atoms with Gasteiger partial charge in [0.15, 0.2) is 0 Å². The second kappa shape index (κ2) is 10.7. The van der Waals surface area contributed by atoms with Gasteiger partial charge in [-0.2, -0.15) is 0 Å². The van der Waals surface area contributed by atoms with Gasteiger partial charge in [0.2, 0.25) is 0 Å². The Morgan fingerprint density at radius 1 is 0.583 bits per heavy atom. The molecule has 2 aliphatic heterocycles. The van der Waals surface area contributed by atoms with Crippen LogP contribution in [0.15, 0.2) is 24.3 Å². The molecule has 0 saturated heterocycles. The Bertz CT molecular complexity index is 1560. The topological polar surface area (TPSA) is 98.8 Å². The van der Waals surface area contributed by atoms with Gasteiger partial charge in [-0.25, -0.2) is 0 Å². The van der Waals surface area contributed by atoms with Crippen LogP contribution < -0.4 is 10.6 Å². The van der Waals surface area contributed by atoms with Crippen molar-refractivity contribution in [3.05, 3.63) is 46.5 Å². The first-order chi connectivity index (χ1) is 22.7. The highest BCUT2D eigenvalue weighted by molar-refractivity contribution is 6.33. The first kappa shape index (κ1) is 32.1. The first-order valence-electron chi connectivity index (χ1n) is 18.5. The van der Waals surface area contributed by atoms with Crippen molar-refractivity contribution in [1.82, 2.24) is 20.4 Å². The Hall–Kier alpha value is -3.10. The van der Waals surface area contributed by atoms with Crippen LogP contribution in [0.5, 0.6) is 0 Å². The third-order valence-corrected chi connectivity index (χ3v) is 14.4. The summed E-state index contributed by atoms with van der Waals surface area (Å²) in [6, 6.07) is 7.56. The zero-order valence-electron chi connectivity index (χ0n) is 29.6. The van der Waals surface area contributed by atoms with Gasteiger partial charge in [-0.3, -0.25) is 29.0 Å². The molecule has 0 unspecified atom stereocenters. The smallest absolute Gasteiger partial charge is 0.261 e. The average Bonchev–Trinajstić information content (AvgIpc) is 3.73. The molecular formula is C40H52N4O4. The van der Waals surface area contributed by atoms with Gasteiger partial charge in [0.05, 0.1) is 0 Å². The molecule has 256 valence electrons. The maximum atomic E-state index is 13.8. The van der Waals surface area contributed by atoms with Gasteiger partial charge in [0.25, 0.3) is 23.6 Å². The van der Waals surface area contributed by atoms with E-state index in [0.29, 0.717) is 81.9 Å². The molecule has 8 heteroatoms. The van der Waals surface area contributed by atoms with Crippen molar-refractivity contribution in [3.8, 4) is 0 Å². The average molecular weight is 653 g/mol. The second-order valence-corrected chi connectivity index (χ2v) is 17.9. The molecule has 0 aromatic heterocycles. The molecule has 2 heterocycles. The number of hydrogen-bond donors (Lipinski definition) is 2. The van der Waals surface area contributed by atoms with Gasteiger partial charge in [0.1, 0.15) is 0 Å². The van der Waals surface area contributed by atoms with Crippen LogP contribution in [0.3, 0.4) is 0 Å². The molecule has 0 radical (unpaired) electrons. The Kier molecular flexibility index (Phi) is 7.16. The quantitative estimate of drug-likeness (QED) is 0.227. The number of imide groups is 2. The van der Waals surface area contributed by atoms with E-state index < -0.39 is 0 Å². The lowest BCUT2D eigenvalue weighted by atomic mass is 9.68. The fraction of sp³-hybridized carbons (Fsp3) is 0.650. The van der Waals surface area contributed by atoms with E-state index in [1.165, 1.54) is 48.3 Å². The summed E-state index contributed by atoms with van der Waals surface area (Å²) in [6.45, 7) is 16.4. The number of carbonyl (C=O) groups is 4. The van der Waals surface area contributed by atoms with Crippen molar-refractivity contribution in [3.63, 3.8) is 0 Å². The van der Waals surface area contributed by atoms with Gasteiger partial charge in [-0.15, -0.1) is 0 Å². The summed E-state index contributed by atoms with van der Waals surface area (Å²) >= 11 is 0. The van der Waals surface area contributed by atoms with E-state index in [9.17, 15) is 19.2 Å². The number of rotatable bonds is 10. The summed E-state index contributed by atoms with van der Waals surface area (Å²) in [7, 11) is 0. The van der Waals surface area contributed by atoms with Gasteiger partial charge < -0.3 is 10.6 Å². The lowest BCUT2D eigenvalue weighted by Crippen LogP contribution is -2.51. The van der Waals surface area contributed by atoms with Crippen LogP contribution >= 0.6 is 0 Å². The van der Waals surface area contributed by atoms with Gasteiger partial charge >= 0.3 is 0 Å². The zero-order chi connectivity index (χ0) is 34.0. The van der Waals surface area contributed by atoms with Crippen molar-refractivity contribution in [2.45, 2.75) is 105 Å². The predicted molar refractivity (Wildman–Crippen MR) is 186 cm³/mol. The van der Waals surface area contributed by atoms with Crippen molar-refractivity contribution < 1.29 is 19.2 Å². The standard InChI is InChI=1S/C40H52N4O4/c1-37(2)23-13-15-39(5,21-23)35(37)41-17-7-19-43-31(45)25-9-11-27-30-28(12-10-26(29(25)30)32(43)46)34(48)44(33(27)47)20-8-18-42-36-38(3,4)24-14-16-40(36,6)22-24/h9-12,23-24,35-36,41-42H,7-8,13-22H2,1-6H3/t23-,24+,35-,36-,39-,40+/m1/s1. The minimum absolute atomic E-state index is 0.241. The summed E-state index contributed by atoms with van der Waals surface area (Å²) in [5.74, 6) is 0.0886. The molecule has 8 nitrogen and oxygen atoms in total. The van der Waals surface area contributed by atoms with Gasteiger partial charge in [-0.1, -0.05) is 41.5 Å². The van der Waals surface area contributed by atoms with Gasteiger partial charge in [0, 0.05) is 58.2 Å². The molecule has 6 aliphatic rings. The number of carbonyl (C=O) groups excluding carboxylic acids is 4. The van der Waals surface area contributed by atoms with Crippen molar-refractivity contribution in [2.24, 2.45) is 33.5 Å². The van der Waals surface area contributed by atoms with E-state index in [0.717, 1.165) is 24.9 Å². The van der Waals surface area contributed by atoms with Crippen molar-refractivity contribution in [1.29, 1.82) is 0 Å². The predicted octanol–water partition coefficient (Wildman–Crippen LogP) is 6.42. The van der Waals surface area contributed by atoms with Crippen molar-refractivity contribution >= 4 is 34.4 Å². The molecule has 8 rings (SSSR count). The lowest BCUT2D eigenvalue weighted by Gasteiger charge is -2.43. The minimum Gasteiger partial charge on any atom is -0.313 e. The molecule has 4 amide bonds. The number of nitrogens with zero attached hydrogens (tertiary/aromatic N) is 2. The van der Waals surface area contributed by atoms with E-state index in [1.807, 2.05) is 0 Å². The summed E-state index contributed by atoms with van der Waals surface area (Å²) in [6.07, 6.45) is 8.98. The highest BCUT2D eigenvalue weighted by Gasteiger charge is 2.60. The number of nitrogens with one attached hydrogen (secondary N) is 2. The van der Waals surface area contributed by atoms with Crippen LogP contribution in [0.1, 0.15) is 134 Å². The van der Waals surface area contributed by atoms with Crippen molar-refractivity contribution in [2.75, 3.05) is 26.2 Å². The molecule has 4 fully saturated rings. The fourth-order valence-electron chi connectivity index (χ4n) is 12.0. The Balaban J connectivity index is 0.945. The van der Waals surface area contributed by atoms with E-state index in [1.54, 1.807) is 24.3 Å². The molecule has 48 heavy (non-hydrogen) atoms. The molecular weight excluding hydrogens is 600 g/mol. The summed E-state index contributed by atoms with van der Waals surface area (Å²) in [4.78, 5) is 57.8. The largest absolute Gasteiger partial charge is 0.313 e. The highest BCUT2D eigenvalue weighted by Crippen LogP contribution is 2.63.